The molecule has 0 unspecified atom stereocenters. The Kier molecular flexibility index (Phi) is 17.9. The lowest BCUT2D eigenvalue weighted by atomic mass is 9.90. The molecule has 0 aliphatic rings. The van der Waals surface area contributed by atoms with Crippen molar-refractivity contribution in [2.75, 3.05) is 13.1 Å². The summed E-state index contributed by atoms with van der Waals surface area (Å²) in [4.78, 5) is 83.5. The van der Waals surface area contributed by atoms with E-state index in [9.17, 15) is 28.8 Å². The summed E-state index contributed by atoms with van der Waals surface area (Å²) in [5.74, 6) is -5.89. The molecule has 0 bridgehead atoms. The second-order valence-corrected chi connectivity index (χ2v) is 15.4. The minimum absolute atomic E-state index is 0.0458. The zero-order valence-electron chi connectivity index (χ0n) is 32.1. The van der Waals surface area contributed by atoms with Gasteiger partial charge in [0.05, 0.1) is 0 Å². The molecule has 0 fully saturated rings. The van der Waals surface area contributed by atoms with Crippen LogP contribution >= 0.6 is 23.2 Å². The van der Waals surface area contributed by atoms with Crippen molar-refractivity contribution in [1.82, 2.24) is 10.6 Å². The van der Waals surface area contributed by atoms with Gasteiger partial charge in [-0.05, 0) is 105 Å². The number of hydrogen-bond acceptors (Lipinski definition) is 13. The molecule has 2 rings (SSSR count). The molecule has 0 heterocycles. The molecule has 0 aliphatic carbocycles. The van der Waals surface area contributed by atoms with Crippen LogP contribution in [0.5, 0.6) is 0 Å². The number of halogens is 2. The number of nitrogens with two attached hydrogens (primary N) is 2. The van der Waals surface area contributed by atoms with Gasteiger partial charge in [-0.1, -0.05) is 59.6 Å². The first kappa shape index (κ1) is 46.7. The number of esters is 4. The number of alkyl carbamates (subject to hydrolysis) is 2. The van der Waals surface area contributed by atoms with Crippen LogP contribution in [0.2, 0.25) is 10.0 Å². The van der Waals surface area contributed by atoms with E-state index in [1.807, 2.05) is 0 Å². The smallest absolute Gasteiger partial charge is 0.408 e. The van der Waals surface area contributed by atoms with E-state index in [1.54, 1.807) is 48.5 Å². The highest BCUT2D eigenvalue weighted by molar-refractivity contribution is 6.31. The maximum absolute atomic E-state index is 14.4. The zero-order valence-corrected chi connectivity index (χ0v) is 33.6. The SMILES string of the molecule is CC(C)(C)OC(=O)[C@@](CCCCN)(NC(=O)OCc1ccccc1Cl)C(=O)OC(=O)[C@](CCCCN)(NC(=O)OCc1ccccc1Cl)C(=O)OC(C)(C)C. The summed E-state index contributed by atoms with van der Waals surface area (Å²) >= 11 is 12.4. The van der Waals surface area contributed by atoms with E-state index in [2.05, 4.69) is 10.6 Å². The van der Waals surface area contributed by atoms with Crippen molar-refractivity contribution in [1.29, 1.82) is 0 Å². The van der Waals surface area contributed by atoms with E-state index >= 15 is 0 Å². The van der Waals surface area contributed by atoms with Crippen LogP contribution in [0.25, 0.3) is 0 Å². The minimum Gasteiger partial charge on any atom is -0.458 e. The van der Waals surface area contributed by atoms with E-state index in [-0.39, 0.29) is 62.0 Å². The van der Waals surface area contributed by atoms with Crippen LogP contribution in [-0.2, 0) is 56.1 Å². The Bertz CT molecular complexity index is 1540. The van der Waals surface area contributed by atoms with E-state index in [4.69, 9.17) is 58.4 Å². The Morgan fingerprint density at radius 2 is 0.909 bits per heavy atom. The van der Waals surface area contributed by atoms with Gasteiger partial charge in [-0.15, -0.1) is 0 Å². The summed E-state index contributed by atoms with van der Waals surface area (Å²) in [7, 11) is 0. The molecule has 0 saturated carbocycles. The van der Waals surface area contributed by atoms with Gasteiger partial charge in [0.25, 0.3) is 0 Å². The highest BCUT2D eigenvalue weighted by Gasteiger charge is 2.57. The van der Waals surface area contributed by atoms with Crippen molar-refractivity contribution in [3.63, 3.8) is 0 Å². The maximum atomic E-state index is 14.4. The van der Waals surface area contributed by atoms with Crippen molar-refractivity contribution in [2.45, 2.75) is 116 Å². The van der Waals surface area contributed by atoms with Crippen molar-refractivity contribution < 1.29 is 52.5 Å². The molecule has 0 aliphatic heterocycles. The minimum atomic E-state index is -2.73. The molecule has 2 atom stereocenters. The number of hydrogen-bond donors (Lipinski definition) is 4. The summed E-state index contributed by atoms with van der Waals surface area (Å²) in [5.41, 5.74) is 4.36. The second-order valence-electron chi connectivity index (χ2n) is 14.6. The van der Waals surface area contributed by atoms with Crippen molar-refractivity contribution in [2.24, 2.45) is 11.5 Å². The van der Waals surface area contributed by atoms with Gasteiger partial charge >= 0.3 is 36.1 Å². The highest BCUT2D eigenvalue weighted by Crippen LogP contribution is 2.28. The fraction of sp³-hybridized carbons (Fsp3) is 0.526. The molecule has 0 spiro atoms. The molecular formula is C38H52Cl2N4O11. The van der Waals surface area contributed by atoms with Crippen molar-refractivity contribution >= 4 is 59.3 Å². The first-order valence-corrected chi connectivity index (χ1v) is 18.5. The normalized spacial score (nSPS) is 13.6. The first-order valence-electron chi connectivity index (χ1n) is 17.7. The Morgan fingerprint density at radius 1 is 0.564 bits per heavy atom. The van der Waals surface area contributed by atoms with E-state index in [0.29, 0.717) is 11.1 Å². The van der Waals surface area contributed by atoms with Gasteiger partial charge in [0.15, 0.2) is 0 Å². The number of unbranched alkanes of at least 4 members (excludes halogenated alkanes) is 2. The summed E-state index contributed by atoms with van der Waals surface area (Å²) in [5, 5.41) is 5.09. The summed E-state index contributed by atoms with van der Waals surface area (Å²) in [6.07, 6.45) is -2.88. The number of carbonyl (C=O) groups is 6. The number of rotatable bonds is 18. The highest BCUT2D eigenvalue weighted by atomic mass is 35.5. The van der Waals surface area contributed by atoms with Crippen LogP contribution in [0.1, 0.15) is 91.2 Å². The van der Waals surface area contributed by atoms with E-state index in [0.717, 1.165) is 0 Å². The lowest BCUT2D eigenvalue weighted by Gasteiger charge is -2.35. The average molecular weight is 812 g/mol. The van der Waals surface area contributed by atoms with Crippen molar-refractivity contribution in [3.8, 4) is 0 Å². The lowest BCUT2D eigenvalue weighted by Crippen LogP contribution is -2.66. The molecule has 55 heavy (non-hydrogen) atoms. The monoisotopic (exact) mass is 810 g/mol. The molecule has 2 amide bonds. The number of nitrogens with one attached hydrogen (secondary N) is 2. The molecule has 0 saturated heterocycles. The molecule has 2 aromatic rings. The van der Waals surface area contributed by atoms with Crippen LogP contribution in [0.15, 0.2) is 48.5 Å². The standard InChI is InChI=1S/C38H52Cl2N4O11/c1-35(2,3)54-31(47)37(19-11-13-21-41,43-33(49)51-23-25-15-7-9-17-27(25)39)29(45)53-30(46)38(20-12-14-22-42,32(48)55-36(4,5)6)44-34(50)52-24-26-16-8-10-18-28(26)40/h7-10,15-18H,11-14,19-24,41-42H2,1-6H3,(H,43,49)(H,44,50)/t37-,38-/m0/s1. The average Bonchev–Trinajstić information content (AvgIpc) is 3.08. The third kappa shape index (κ3) is 14.6. The predicted molar refractivity (Wildman–Crippen MR) is 204 cm³/mol. The maximum Gasteiger partial charge on any atom is 0.408 e. The molecule has 304 valence electrons. The Hall–Kier alpha value is -4.44. The number of amides is 2. The lowest BCUT2D eigenvalue weighted by molar-refractivity contribution is -0.183. The Balaban J connectivity index is 2.65. The van der Waals surface area contributed by atoms with Gasteiger partial charge in [-0.2, -0.15) is 0 Å². The molecule has 2 aromatic carbocycles. The molecule has 6 N–H and O–H groups in total. The molecule has 0 aromatic heterocycles. The van der Waals surface area contributed by atoms with Gasteiger partial charge in [0.2, 0.25) is 11.1 Å². The predicted octanol–water partition coefficient (Wildman–Crippen LogP) is 5.63. The second kappa shape index (κ2) is 21.0. The molecule has 15 nitrogen and oxygen atoms in total. The van der Waals surface area contributed by atoms with Gasteiger partial charge in [-0.3, -0.25) is 10.6 Å². The zero-order chi connectivity index (χ0) is 41.5. The van der Waals surface area contributed by atoms with Crippen LogP contribution < -0.4 is 22.1 Å². The summed E-state index contributed by atoms with van der Waals surface area (Å²) in [6, 6.07) is 13.0. The van der Waals surface area contributed by atoms with Gasteiger partial charge in [-0.25, -0.2) is 28.8 Å². The van der Waals surface area contributed by atoms with E-state index in [1.165, 1.54) is 41.5 Å². The van der Waals surface area contributed by atoms with Crippen molar-refractivity contribution in [3.05, 3.63) is 69.7 Å². The summed E-state index contributed by atoms with van der Waals surface area (Å²) < 4.78 is 27.1. The van der Waals surface area contributed by atoms with Gasteiger partial charge in [0.1, 0.15) is 24.4 Å². The Labute approximate surface area is 331 Å². The number of carbonyl (C=O) groups excluding carboxylic acids is 6. The third-order valence-corrected chi connectivity index (χ3v) is 8.39. The quantitative estimate of drug-likeness (QED) is 0.0620. The third-order valence-electron chi connectivity index (χ3n) is 7.65. The first-order chi connectivity index (χ1) is 25.7. The Morgan fingerprint density at radius 3 is 1.22 bits per heavy atom. The van der Waals surface area contributed by atoms with Gasteiger partial charge < -0.3 is 35.2 Å². The summed E-state index contributed by atoms with van der Waals surface area (Å²) in [6.45, 7) is 8.66. The number of ether oxygens (including phenoxy) is 5. The fourth-order valence-corrected chi connectivity index (χ4v) is 5.28. The molecular weight excluding hydrogens is 759 g/mol. The van der Waals surface area contributed by atoms with E-state index < -0.39 is 71.2 Å². The van der Waals surface area contributed by atoms with Crippen LogP contribution in [0, 0.1) is 0 Å². The molecule has 17 heteroatoms. The van der Waals surface area contributed by atoms with Gasteiger partial charge in [0, 0.05) is 21.2 Å². The van der Waals surface area contributed by atoms with Crippen LogP contribution in [0.3, 0.4) is 0 Å². The largest absolute Gasteiger partial charge is 0.458 e. The topological polar surface area (TPSA) is 225 Å². The fourth-order valence-electron chi connectivity index (χ4n) is 4.90. The van der Waals surface area contributed by atoms with Crippen LogP contribution in [0.4, 0.5) is 9.59 Å². The van der Waals surface area contributed by atoms with Crippen LogP contribution in [-0.4, -0.2) is 71.4 Å². The number of benzene rings is 2. The molecule has 0 radical (unpaired) electrons.